The number of halogens is 3. The van der Waals surface area contributed by atoms with E-state index in [2.05, 4.69) is 10.2 Å². The van der Waals surface area contributed by atoms with E-state index in [4.69, 9.17) is 5.73 Å². The van der Waals surface area contributed by atoms with Crippen molar-refractivity contribution in [3.63, 3.8) is 0 Å². The third-order valence-corrected chi connectivity index (χ3v) is 4.39. The molecule has 112 valence electrons. The van der Waals surface area contributed by atoms with Crippen molar-refractivity contribution >= 4 is 0 Å². The summed E-state index contributed by atoms with van der Waals surface area (Å²) in [6.45, 7) is 0.291. The molecule has 1 heterocycles. The van der Waals surface area contributed by atoms with Gasteiger partial charge in [-0.3, -0.25) is 0 Å². The molecule has 0 amide bonds. The van der Waals surface area contributed by atoms with Gasteiger partial charge >= 0.3 is 6.18 Å². The van der Waals surface area contributed by atoms with Crippen molar-refractivity contribution in [3.8, 4) is 0 Å². The van der Waals surface area contributed by atoms with Gasteiger partial charge in [0.15, 0.2) is 0 Å². The Balaban J connectivity index is 1.84. The van der Waals surface area contributed by atoms with Crippen LogP contribution in [0.1, 0.15) is 62.1 Å². The van der Waals surface area contributed by atoms with Crippen molar-refractivity contribution < 1.29 is 13.2 Å². The van der Waals surface area contributed by atoms with Gasteiger partial charge in [0.1, 0.15) is 11.6 Å². The van der Waals surface area contributed by atoms with Gasteiger partial charge in [-0.05, 0) is 32.1 Å². The Kier molecular flexibility index (Phi) is 3.48. The van der Waals surface area contributed by atoms with Gasteiger partial charge in [-0.1, -0.05) is 6.42 Å². The van der Waals surface area contributed by atoms with Crippen LogP contribution in [0.3, 0.4) is 0 Å². The molecular formula is C13H19F3N4. The normalized spacial score (nSPS) is 27.8. The van der Waals surface area contributed by atoms with Crippen LogP contribution in [-0.4, -0.2) is 20.9 Å². The highest BCUT2D eigenvalue weighted by Gasteiger charge is 2.44. The smallest absolute Gasteiger partial charge is 0.324 e. The standard InChI is InChI=1S/C13H19F3N4/c14-13(15,16)9-3-1-2-8(6-9)12-19-18-11(7-17)20(12)10-4-5-10/h8-10H,1-7,17H2. The first-order chi connectivity index (χ1) is 9.50. The van der Waals surface area contributed by atoms with Gasteiger partial charge in [0.25, 0.3) is 0 Å². The van der Waals surface area contributed by atoms with Crippen LogP contribution in [0.4, 0.5) is 13.2 Å². The van der Waals surface area contributed by atoms with E-state index >= 15 is 0 Å². The number of hydrogen-bond donors (Lipinski definition) is 1. The molecule has 7 heteroatoms. The van der Waals surface area contributed by atoms with E-state index < -0.39 is 12.1 Å². The van der Waals surface area contributed by atoms with Gasteiger partial charge in [-0.25, -0.2) is 0 Å². The summed E-state index contributed by atoms with van der Waals surface area (Å²) in [6, 6.07) is 0.352. The number of nitrogens with zero attached hydrogens (tertiary/aromatic N) is 3. The van der Waals surface area contributed by atoms with Crippen molar-refractivity contribution in [3.05, 3.63) is 11.6 Å². The first kappa shape index (κ1) is 13.9. The van der Waals surface area contributed by atoms with E-state index in [-0.39, 0.29) is 18.8 Å². The predicted molar refractivity (Wildman–Crippen MR) is 66.9 cm³/mol. The zero-order valence-corrected chi connectivity index (χ0v) is 11.2. The van der Waals surface area contributed by atoms with Crippen LogP contribution in [0.25, 0.3) is 0 Å². The number of hydrogen-bond acceptors (Lipinski definition) is 3. The largest absolute Gasteiger partial charge is 0.391 e. The van der Waals surface area contributed by atoms with Gasteiger partial charge < -0.3 is 10.3 Å². The Labute approximate surface area is 115 Å². The fourth-order valence-corrected chi connectivity index (χ4v) is 3.21. The van der Waals surface area contributed by atoms with Crippen LogP contribution in [0.5, 0.6) is 0 Å². The molecule has 1 aromatic rings. The summed E-state index contributed by atoms with van der Waals surface area (Å²) in [5.74, 6) is 0.0919. The molecule has 0 aliphatic heterocycles. The molecule has 2 unspecified atom stereocenters. The van der Waals surface area contributed by atoms with E-state index in [1.54, 1.807) is 0 Å². The molecule has 0 aromatic carbocycles. The predicted octanol–water partition coefficient (Wildman–Crippen LogP) is 2.91. The topological polar surface area (TPSA) is 56.7 Å². The lowest BCUT2D eigenvalue weighted by molar-refractivity contribution is -0.183. The van der Waals surface area contributed by atoms with Crippen molar-refractivity contribution in [1.29, 1.82) is 0 Å². The number of rotatable bonds is 3. The molecule has 0 saturated heterocycles. The lowest BCUT2D eigenvalue weighted by Crippen LogP contribution is -2.29. The SMILES string of the molecule is NCc1nnc(C2CCCC(C(F)(F)F)C2)n1C1CC1. The van der Waals surface area contributed by atoms with Crippen LogP contribution in [0, 0.1) is 5.92 Å². The molecule has 2 aliphatic rings. The number of nitrogens with two attached hydrogens (primary N) is 1. The van der Waals surface area contributed by atoms with Crippen LogP contribution >= 0.6 is 0 Å². The molecule has 3 rings (SSSR count). The number of aromatic nitrogens is 3. The van der Waals surface area contributed by atoms with E-state index in [9.17, 15) is 13.2 Å². The molecule has 2 saturated carbocycles. The average molecular weight is 288 g/mol. The maximum absolute atomic E-state index is 12.9. The summed E-state index contributed by atoms with van der Waals surface area (Å²) in [7, 11) is 0. The molecule has 0 bridgehead atoms. The molecule has 20 heavy (non-hydrogen) atoms. The molecular weight excluding hydrogens is 269 g/mol. The van der Waals surface area contributed by atoms with Gasteiger partial charge in [0, 0.05) is 12.0 Å². The molecule has 4 nitrogen and oxygen atoms in total. The molecule has 2 fully saturated rings. The summed E-state index contributed by atoms with van der Waals surface area (Å²) in [4.78, 5) is 0. The van der Waals surface area contributed by atoms with Crippen molar-refractivity contribution in [2.45, 2.75) is 63.2 Å². The van der Waals surface area contributed by atoms with E-state index in [1.807, 2.05) is 4.57 Å². The first-order valence-electron chi connectivity index (χ1n) is 7.21. The summed E-state index contributed by atoms with van der Waals surface area (Å²) in [5.41, 5.74) is 5.65. The van der Waals surface area contributed by atoms with Crippen molar-refractivity contribution in [2.75, 3.05) is 0 Å². The minimum Gasteiger partial charge on any atom is -0.324 e. The number of alkyl halides is 3. The maximum atomic E-state index is 12.9. The second kappa shape index (κ2) is 5.02. The Morgan fingerprint density at radius 2 is 1.90 bits per heavy atom. The Hall–Kier alpha value is -1.11. The monoisotopic (exact) mass is 288 g/mol. The van der Waals surface area contributed by atoms with Gasteiger partial charge in [-0.2, -0.15) is 13.2 Å². The van der Waals surface area contributed by atoms with Crippen LogP contribution in [-0.2, 0) is 6.54 Å². The highest BCUT2D eigenvalue weighted by Crippen LogP contribution is 2.45. The van der Waals surface area contributed by atoms with Crippen LogP contribution in [0.2, 0.25) is 0 Å². The lowest BCUT2D eigenvalue weighted by atomic mass is 9.80. The van der Waals surface area contributed by atoms with E-state index in [0.29, 0.717) is 24.8 Å². The highest BCUT2D eigenvalue weighted by molar-refractivity contribution is 5.08. The van der Waals surface area contributed by atoms with Crippen molar-refractivity contribution in [2.24, 2.45) is 11.7 Å². The summed E-state index contributed by atoms with van der Waals surface area (Å²) >= 11 is 0. The second-order valence-electron chi connectivity index (χ2n) is 5.88. The zero-order chi connectivity index (χ0) is 14.3. The molecule has 2 aliphatic carbocycles. The maximum Gasteiger partial charge on any atom is 0.391 e. The molecule has 1 aromatic heterocycles. The third kappa shape index (κ3) is 2.55. The summed E-state index contributed by atoms with van der Waals surface area (Å²) in [6.07, 6.45) is -0.257. The third-order valence-electron chi connectivity index (χ3n) is 4.39. The minimum atomic E-state index is -4.10. The van der Waals surface area contributed by atoms with Crippen LogP contribution < -0.4 is 5.73 Å². The molecule has 0 radical (unpaired) electrons. The van der Waals surface area contributed by atoms with Gasteiger partial charge in [0.2, 0.25) is 0 Å². The van der Waals surface area contributed by atoms with Crippen LogP contribution in [0.15, 0.2) is 0 Å². The minimum absolute atomic E-state index is 0.135. The summed E-state index contributed by atoms with van der Waals surface area (Å²) in [5, 5.41) is 8.22. The van der Waals surface area contributed by atoms with E-state index in [1.165, 1.54) is 0 Å². The quantitative estimate of drug-likeness (QED) is 0.930. The Morgan fingerprint density at radius 1 is 1.15 bits per heavy atom. The summed E-state index contributed by atoms with van der Waals surface area (Å²) < 4.78 is 40.7. The van der Waals surface area contributed by atoms with Gasteiger partial charge in [0.05, 0.1) is 12.5 Å². The van der Waals surface area contributed by atoms with E-state index in [0.717, 1.165) is 25.1 Å². The Morgan fingerprint density at radius 3 is 2.50 bits per heavy atom. The molecule has 0 spiro atoms. The van der Waals surface area contributed by atoms with Gasteiger partial charge in [-0.15, -0.1) is 10.2 Å². The Bertz CT molecular complexity index is 478. The molecule has 2 N–H and O–H groups in total. The zero-order valence-electron chi connectivity index (χ0n) is 11.2. The fourth-order valence-electron chi connectivity index (χ4n) is 3.21. The molecule has 2 atom stereocenters. The lowest BCUT2D eigenvalue weighted by Gasteiger charge is -2.30. The van der Waals surface area contributed by atoms with Crippen molar-refractivity contribution in [1.82, 2.24) is 14.8 Å². The highest BCUT2D eigenvalue weighted by atomic mass is 19.4. The fraction of sp³-hybridized carbons (Fsp3) is 0.846. The second-order valence-corrected chi connectivity index (χ2v) is 5.88. The average Bonchev–Trinajstić information content (AvgIpc) is 3.17. The first-order valence-corrected chi connectivity index (χ1v) is 7.21.